The molecule has 1 atom stereocenters. The fraction of sp³-hybridized carbons (Fsp3) is 0.818. The van der Waals surface area contributed by atoms with Gasteiger partial charge in [-0.05, 0) is 11.3 Å². The Kier molecular flexibility index (Phi) is 3.37. The van der Waals surface area contributed by atoms with Crippen molar-refractivity contribution in [3.8, 4) is 0 Å². The summed E-state index contributed by atoms with van der Waals surface area (Å²) in [7, 11) is 0. The molecule has 0 radical (unpaired) electrons. The summed E-state index contributed by atoms with van der Waals surface area (Å²) in [6.45, 7) is 9.02. The zero-order chi connectivity index (χ0) is 11.6. The van der Waals surface area contributed by atoms with E-state index >= 15 is 0 Å². The molecule has 0 aromatic rings. The molecule has 0 bridgehead atoms. The monoisotopic (exact) mass is 213 g/mol. The van der Waals surface area contributed by atoms with Crippen molar-refractivity contribution in [2.24, 2.45) is 11.3 Å². The smallest absolute Gasteiger partial charge is 0.416 e. The summed E-state index contributed by atoms with van der Waals surface area (Å²) >= 11 is 0. The van der Waals surface area contributed by atoms with E-state index in [1.54, 1.807) is 0 Å². The van der Waals surface area contributed by atoms with Crippen molar-refractivity contribution in [1.29, 1.82) is 0 Å². The van der Waals surface area contributed by atoms with E-state index in [9.17, 15) is 9.59 Å². The van der Waals surface area contributed by atoms with Crippen molar-refractivity contribution in [1.82, 2.24) is 4.90 Å². The number of cyclic esters (lactones) is 1. The number of hydrogen-bond donors (Lipinski definition) is 0. The number of rotatable bonds is 2. The minimum atomic E-state index is -0.499. The summed E-state index contributed by atoms with van der Waals surface area (Å²) in [6.07, 6.45) is -0.0976. The van der Waals surface area contributed by atoms with Crippen molar-refractivity contribution in [3.63, 3.8) is 0 Å². The van der Waals surface area contributed by atoms with Gasteiger partial charge in [0.15, 0.2) is 0 Å². The minimum Gasteiger partial charge on any atom is -0.447 e. The molecule has 4 nitrogen and oxygen atoms in total. The van der Waals surface area contributed by atoms with E-state index in [0.29, 0.717) is 19.6 Å². The molecule has 1 unspecified atom stereocenters. The molecule has 0 saturated carbocycles. The first-order chi connectivity index (χ1) is 6.82. The van der Waals surface area contributed by atoms with Crippen LogP contribution < -0.4 is 0 Å². The number of imide groups is 1. The van der Waals surface area contributed by atoms with Gasteiger partial charge >= 0.3 is 6.09 Å². The molecule has 1 heterocycles. The van der Waals surface area contributed by atoms with Crippen LogP contribution in [-0.4, -0.2) is 30.1 Å². The Labute approximate surface area is 90.6 Å². The lowest BCUT2D eigenvalue weighted by Gasteiger charge is -2.27. The average Bonchev–Trinajstić information content (AvgIpc) is 2.49. The predicted octanol–water partition coefficient (Wildman–Crippen LogP) is 2.04. The van der Waals surface area contributed by atoms with Crippen LogP contribution in [0.5, 0.6) is 0 Å². The van der Waals surface area contributed by atoms with Gasteiger partial charge in [-0.3, -0.25) is 4.79 Å². The van der Waals surface area contributed by atoms with Gasteiger partial charge in [-0.25, -0.2) is 9.69 Å². The van der Waals surface area contributed by atoms with Crippen molar-refractivity contribution < 1.29 is 14.3 Å². The highest BCUT2D eigenvalue weighted by atomic mass is 16.6. The number of carbonyl (C=O) groups is 2. The molecular formula is C11H19NO3. The van der Waals surface area contributed by atoms with Crippen molar-refractivity contribution in [2.75, 3.05) is 13.2 Å². The molecule has 1 aliphatic heterocycles. The van der Waals surface area contributed by atoms with Gasteiger partial charge < -0.3 is 4.74 Å². The third-order valence-electron chi connectivity index (χ3n) is 3.02. The molecule has 1 fully saturated rings. The van der Waals surface area contributed by atoms with Crippen molar-refractivity contribution >= 4 is 12.0 Å². The maximum Gasteiger partial charge on any atom is 0.416 e. The second-order valence-corrected chi connectivity index (χ2v) is 5.13. The molecule has 4 heteroatoms. The second kappa shape index (κ2) is 4.21. The Morgan fingerprint density at radius 1 is 1.53 bits per heavy atom. The molecule has 0 spiro atoms. The molecule has 86 valence electrons. The third kappa shape index (κ3) is 2.94. The zero-order valence-electron chi connectivity index (χ0n) is 9.87. The van der Waals surface area contributed by atoms with Gasteiger partial charge in [0.2, 0.25) is 5.91 Å². The summed E-state index contributed by atoms with van der Waals surface area (Å²) in [5, 5.41) is 0. The Hall–Kier alpha value is -1.06. The number of ether oxygens (including phenoxy) is 1. The Balaban J connectivity index is 2.52. The van der Waals surface area contributed by atoms with Gasteiger partial charge in [0.05, 0.1) is 6.54 Å². The second-order valence-electron chi connectivity index (χ2n) is 5.13. The van der Waals surface area contributed by atoms with E-state index in [-0.39, 0.29) is 17.2 Å². The van der Waals surface area contributed by atoms with E-state index in [0.717, 1.165) is 0 Å². The van der Waals surface area contributed by atoms with Gasteiger partial charge in [-0.2, -0.15) is 0 Å². The molecule has 2 amide bonds. The van der Waals surface area contributed by atoms with Crippen LogP contribution in [0.4, 0.5) is 4.79 Å². The fourth-order valence-corrected chi connectivity index (χ4v) is 1.30. The maximum absolute atomic E-state index is 11.7. The van der Waals surface area contributed by atoms with Gasteiger partial charge in [-0.15, -0.1) is 0 Å². The molecule has 0 aromatic heterocycles. The van der Waals surface area contributed by atoms with Gasteiger partial charge in [0, 0.05) is 6.42 Å². The predicted molar refractivity (Wildman–Crippen MR) is 56.3 cm³/mol. The minimum absolute atomic E-state index is 0.0826. The first kappa shape index (κ1) is 12.0. The Morgan fingerprint density at radius 3 is 2.53 bits per heavy atom. The molecular weight excluding hydrogens is 194 g/mol. The highest BCUT2D eigenvalue weighted by Gasteiger charge is 2.31. The van der Waals surface area contributed by atoms with E-state index in [4.69, 9.17) is 4.74 Å². The van der Waals surface area contributed by atoms with Gasteiger partial charge in [0.25, 0.3) is 0 Å². The first-order valence-electron chi connectivity index (χ1n) is 5.29. The zero-order valence-corrected chi connectivity index (χ0v) is 9.87. The maximum atomic E-state index is 11.7. The number of carbonyl (C=O) groups excluding carboxylic acids is 2. The molecule has 0 N–H and O–H groups in total. The number of hydrogen-bond acceptors (Lipinski definition) is 3. The third-order valence-corrected chi connectivity index (χ3v) is 3.02. The van der Waals surface area contributed by atoms with Crippen molar-refractivity contribution in [2.45, 2.75) is 34.1 Å². The highest BCUT2D eigenvalue weighted by Crippen LogP contribution is 2.28. The van der Waals surface area contributed by atoms with Crippen LogP contribution in [0.2, 0.25) is 0 Å². The molecule has 1 aliphatic rings. The Morgan fingerprint density at radius 2 is 2.13 bits per heavy atom. The standard InChI is InChI=1S/C11H19NO3/c1-8(11(2,3)4)7-9(13)12-5-6-15-10(12)14/h8H,5-7H2,1-4H3. The van der Waals surface area contributed by atoms with E-state index in [1.807, 2.05) is 6.92 Å². The molecule has 15 heavy (non-hydrogen) atoms. The quantitative estimate of drug-likeness (QED) is 0.705. The lowest BCUT2D eigenvalue weighted by atomic mass is 9.80. The van der Waals surface area contributed by atoms with Crippen LogP contribution in [0.15, 0.2) is 0 Å². The lowest BCUT2D eigenvalue weighted by molar-refractivity contribution is -0.129. The van der Waals surface area contributed by atoms with Crippen LogP contribution in [0.1, 0.15) is 34.1 Å². The molecule has 0 aromatic carbocycles. The first-order valence-corrected chi connectivity index (χ1v) is 5.29. The highest BCUT2D eigenvalue weighted by molar-refractivity contribution is 5.93. The van der Waals surface area contributed by atoms with E-state index < -0.39 is 6.09 Å². The van der Waals surface area contributed by atoms with E-state index in [1.165, 1.54) is 4.90 Å². The van der Waals surface area contributed by atoms with Gasteiger partial charge in [-0.1, -0.05) is 27.7 Å². The molecule has 1 saturated heterocycles. The van der Waals surface area contributed by atoms with Crippen LogP contribution in [0, 0.1) is 11.3 Å². The summed E-state index contributed by atoms with van der Waals surface area (Å²) in [5.41, 5.74) is 0.0826. The van der Waals surface area contributed by atoms with E-state index in [2.05, 4.69) is 20.8 Å². The lowest BCUT2D eigenvalue weighted by Crippen LogP contribution is -2.34. The number of amides is 2. The fourth-order valence-electron chi connectivity index (χ4n) is 1.30. The van der Waals surface area contributed by atoms with Gasteiger partial charge in [0.1, 0.15) is 6.61 Å². The largest absolute Gasteiger partial charge is 0.447 e. The summed E-state index contributed by atoms with van der Waals surface area (Å²) < 4.78 is 4.72. The SMILES string of the molecule is CC(CC(=O)N1CCOC1=O)C(C)(C)C. The van der Waals surface area contributed by atoms with Crippen LogP contribution >= 0.6 is 0 Å². The molecule has 1 rings (SSSR count). The summed E-state index contributed by atoms with van der Waals surface area (Å²) in [4.78, 5) is 24.1. The van der Waals surface area contributed by atoms with Crippen molar-refractivity contribution in [3.05, 3.63) is 0 Å². The normalized spacial score (nSPS) is 18.9. The Bertz CT molecular complexity index is 267. The van der Waals surface area contributed by atoms with Crippen LogP contribution in [0.3, 0.4) is 0 Å². The number of nitrogens with zero attached hydrogens (tertiary/aromatic N) is 1. The summed E-state index contributed by atoms with van der Waals surface area (Å²) in [5.74, 6) is 0.123. The summed E-state index contributed by atoms with van der Waals surface area (Å²) in [6, 6.07) is 0. The molecule has 0 aliphatic carbocycles. The van der Waals surface area contributed by atoms with Crippen LogP contribution in [0.25, 0.3) is 0 Å². The van der Waals surface area contributed by atoms with Crippen LogP contribution in [-0.2, 0) is 9.53 Å². The average molecular weight is 213 g/mol. The topological polar surface area (TPSA) is 46.6 Å².